The van der Waals surface area contributed by atoms with Gasteiger partial charge in [0.05, 0.1) is 11.6 Å². The standard InChI is InChI=1S/C15H18N2O/c1-18-15(7-4-8-15)14(16)13-10-17-9-11-5-2-3-6-12(11)13/h2-3,5-6,9-10,14H,4,7-8,16H2,1H3. The second kappa shape index (κ2) is 4.34. The molecule has 2 aromatic rings. The van der Waals surface area contributed by atoms with Crippen molar-refractivity contribution >= 4 is 10.8 Å². The SMILES string of the molecule is COC1(C(N)c2cncc3ccccc23)CCC1. The van der Waals surface area contributed by atoms with Gasteiger partial charge in [0.2, 0.25) is 0 Å². The highest BCUT2D eigenvalue weighted by Crippen LogP contribution is 2.44. The summed E-state index contributed by atoms with van der Waals surface area (Å²) in [6.07, 6.45) is 7.03. The van der Waals surface area contributed by atoms with Gasteiger partial charge in [0.25, 0.3) is 0 Å². The highest BCUT2D eigenvalue weighted by atomic mass is 16.5. The summed E-state index contributed by atoms with van der Waals surface area (Å²) in [5.41, 5.74) is 7.35. The molecular weight excluding hydrogens is 224 g/mol. The zero-order valence-electron chi connectivity index (χ0n) is 10.6. The molecule has 1 heterocycles. The van der Waals surface area contributed by atoms with Crippen molar-refractivity contribution < 1.29 is 4.74 Å². The molecule has 1 fully saturated rings. The van der Waals surface area contributed by atoms with Gasteiger partial charge in [0.1, 0.15) is 0 Å². The van der Waals surface area contributed by atoms with Gasteiger partial charge in [-0.3, -0.25) is 4.98 Å². The topological polar surface area (TPSA) is 48.1 Å². The van der Waals surface area contributed by atoms with Crippen LogP contribution >= 0.6 is 0 Å². The second-order valence-corrected chi connectivity index (χ2v) is 5.05. The van der Waals surface area contributed by atoms with E-state index in [-0.39, 0.29) is 11.6 Å². The molecule has 2 N–H and O–H groups in total. The Morgan fingerprint density at radius 3 is 2.72 bits per heavy atom. The van der Waals surface area contributed by atoms with E-state index in [4.69, 9.17) is 10.5 Å². The Bertz CT molecular complexity index is 552. The van der Waals surface area contributed by atoms with Gasteiger partial charge in [-0.1, -0.05) is 24.3 Å². The van der Waals surface area contributed by atoms with Crippen LogP contribution in [0.1, 0.15) is 30.9 Å². The second-order valence-electron chi connectivity index (χ2n) is 5.05. The van der Waals surface area contributed by atoms with E-state index in [1.165, 1.54) is 11.8 Å². The lowest BCUT2D eigenvalue weighted by atomic mass is 9.72. The number of methoxy groups -OCH3 is 1. The number of hydrogen-bond acceptors (Lipinski definition) is 3. The normalized spacial score (nSPS) is 19.4. The Hall–Kier alpha value is -1.45. The Kier molecular flexibility index (Phi) is 2.80. The largest absolute Gasteiger partial charge is 0.376 e. The monoisotopic (exact) mass is 242 g/mol. The number of ether oxygens (including phenoxy) is 1. The number of pyridine rings is 1. The summed E-state index contributed by atoms with van der Waals surface area (Å²) in [5, 5.41) is 2.32. The van der Waals surface area contributed by atoms with Crippen LogP contribution in [-0.2, 0) is 4.74 Å². The number of rotatable bonds is 3. The third kappa shape index (κ3) is 1.62. The molecule has 0 saturated heterocycles. The Balaban J connectivity index is 2.09. The van der Waals surface area contributed by atoms with Crippen molar-refractivity contribution in [3.8, 4) is 0 Å². The van der Waals surface area contributed by atoms with Crippen LogP contribution in [0.5, 0.6) is 0 Å². The quantitative estimate of drug-likeness (QED) is 0.900. The minimum Gasteiger partial charge on any atom is -0.376 e. The van der Waals surface area contributed by atoms with Gasteiger partial charge in [-0.2, -0.15) is 0 Å². The van der Waals surface area contributed by atoms with Gasteiger partial charge < -0.3 is 10.5 Å². The molecule has 1 aromatic carbocycles. The third-order valence-corrected chi connectivity index (χ3v) is 4.21. The van der Waals surface area contributed by atoms with Crippen molar-refractivity contribution in [1.82, 2.24) is 4.98 Å². The molecule has 0 bridgehead atoms. The number of nitrogens with two attached hydrogens (primary N) is 1. The van der Waals surface area contributed by atoms with Gasteiger partial charge in [0, 0.05) is 24.9 Å². The molecule has 1 aliphatic rings. The highest BCUT2D eigenvalue weighted by molar-refractivity contribution is 5.85. The first-order chi connectivity index (χ1) is 8.77. The predicted octanol–water partition coefficient (Wildman–Crippen LogP) is 2.80. The van der Waals surface area contributed by atoms with Crippen LogP contribution < -0.4 is 5.73 Å². The lowest BCUT2D eigenvalue weighted by Gasteiger charge is -2.45. The summed E-state index contributed by atoms with van der Waals surface area (Å²) >= 11 is 0. The van der Waals surface area contributed by atoms with Crippen molar-refractivity contribution in [2.24, 2.45) is 5.73 Å². The van der Waals surface area contributed by atoms with Crippen LogP contribution in [0.15, 0.2) is 36.7 Å². The average Bonchev–Trinajstić information content (AvgIpc) is 2.37. The number of fused-ring (bicyclic) bond motifs is 1. The van der Waals surface area contributed by atoms with Crippen LogP contribution in [0.2, 0.25) is 0 Å². The summed E-state index contributed by atoms with van der Waals surface area (Å²) in [4.78, 5) is 4.30. The van der Waals surface area contributed by atoms with Crippen molar-refractivity contribution in [1.29, 1.82) is 0 Å². The van der Waals surface area contributed by atoms with E-state index in [1.54, 1.807) is 7.11 Å². The van der Waals surface area contributed by atoms with Gasteiger partial charge in [-0.15, -0.1) is 0 Å². The summed E-state index contributed by atoms with van der Waals surface area (Å²) in [6, 6.07) is 8.13. The fourth-order valence-corrected chi connectivity index (χ4v) is 2.84. The molecule has 1 atom stereocenters. The van der Waals surface area contributed by atoms with E-state index in [9.17, 15) is 0 Å². The third-order valence-electron chi connectivity index (χ3n) is 4.21. The molecule has 1 unspecified atom stereocenters. The molecule has 18 heavy (non-hydrogen) atoms. The van der Waals surface area contributed by atoms with Crippen LogP contribution in [0.25, 0.3) is 10.8 Å². The molecule has 1 aliphatic carbocycles. The summed E-state index contributed by atoms with van der Waals surface area (Å²) in [7, 11) is 1.76. The molecule has 3 heteroatoms. The highest BCUT2D eigenvalue weighted by Gasteiger charge is 2.43. The smallest absolute Gasteiger partial charge is 0.0871 e. The molecule has 1 saturated carbocycles. The zero-order chi connectivity index (χ0) is 12.6. The van der Waals surface area contributed by atoms with E-state index in [2.05, 4.69) is 17.1 Å². The van der Waals surface area contributed by atoms with Gasteiger partial charge in [0.15, 0.2) is 0 Å². The number of nitrogens with zero attached hydrogens (tertiary/aromatic N) is 1. The zero-order valence-corrected chi connectivity index (χ0v) is 10.6. The predicted molar refractivity (Wildman–Crippen MR) is 72.3 cm³/mol. The van der Waals surface area contributed by atoms with E-state index < -0.39 is 0 Å². The molecule has 94 valence electrons. The summed E-state index contributed by atoms with van der Waals surface area (Å²) < 4.78 is 5.69. The van der Waals surface area contributed by atoms with Crippen molar-refractivity contribution in [3.05, 3.63) is 42.2 Å². The molecule has 3 rings (SSSR count). The van der Waals surface area contributed by atoms with E-state index >= 15 is 0 Å². The lowest BCUT2D eigenvalue weighted by molar-refractivity contribution is -0.0909. The van der Waals surface area contributed by atoms with Gasteiger partial charge in [-0.25, -0.2) is 0 Å². The lowest BCUT2D eigenvalue weighted by Crippen LogP contribution is -2.48. The summed E-state index contributed by atoms with van der Waals surface area (Å²) in [6.45, 7) is 0. The fraction of sp³-hybridized carbons (Fsp3) is 0.400. The molecule has 0 spiro atoms. The van der Waals surface area contributed by atoms with Crippen molar-refractivity contribution in [2.45, 2.75) is 30.9 Å². The van der Waals surface area contributed by atoms with Gasteiger partial charge in [-0.05, 0) is 30.2 Å². The fourth-order valence-electron chi connectivity index (χ4n) is 2.84. The minimum absolute atomic E-state index is 0.102. The van der Waals surface area contributed by atoms with E-state index in [1.807, 2.05) is 24.5 Å². The molecule has 0 aliphatic heterocycles. The number of benzene rings is 1. The average molecular weight is 242 g/mol. The first-order valence-corrected chi connectivity index (χ1v) is 6.40. The maximum atomic E-state index is 6.45. The molecule has 3 nitrogen and oxygen atoms in total. The van der Waals surface area contributed by atoms with Crippen molar-refractivity contribution in [3.63, 3.8) is 0 Å². The van der Waals surface area contributed by atoms with E-state index in [0.717, 1.165) is 23.8 Å². The Labute approximate surface area is 107 Å². The molecule has 0 amide bonds. The molecule has 1 aromatic heterocycles. The first-order valence-electron chi connectivity index (χ1n) is 6.40. The number of hydrogen-bond donors (Lipinski definition) is 1. The van der Waals surface area contributed by atoms with Crippen molar-refractivity contribution in [2.75, 3.05) is 7.11 Å². The van der Waals surface area contributed by atoms with Crippen LogP contribution in [0.3, 0.4) is 0 Å². The molecular formula is C15H18N2O. The van der Waals surface area contributed by atoms with Crippen LogP contribution in [0.4, 0.5) is 0 Å². The minimum atomic E-state index is -0.189. The maximum Gasteiger partial charge on any atom is 0.0871 e. The van der Waals surface area contributed by atoms with E-state index in [0.29, 0.717) is 0 Å². The van der Waals surface area contributed by atoms with Gasteiger partial charge >= 0.3 is 0 Å². The number of aromatic nitrogens is 1. The van der Waals surface area contributed by atoms with Crippen LogP contribution in [0, 0.1) is 0 Å². The maximum absolute atomic E-state index is 6.45. The Morgan fingerprint density at radius 2 is 2.06 bits per heavy atom. The van der Waals surface area contributed by atoms with Crippen LogP contribution in [-0.4, -0.2) is 17.7 Å². The first kappa shape index (κ1) is 11.6. The summed E-state index contributed by atoms with van der Waals surface area (Å²) in [5.74, 6) is 0. The molecule has 0 radical (unpaired) electrons. The Morgan fingerprint density at radius 1 is 1.28 bits per heavy atom.